The highest BCUT2D eigenvalue weighted by atomic mass is 28.4. The SMILES string of the molecule is C=C(C)[C@H]1CC(O[Si](C)(C)C(C)(C)C)=C(C)C([C@@H]2C[C@]3(O)C4=C(O[Si](C)(C)C(C)(C)C)C[C@H]5C[C@@H](C(=C)C)CC(=O)[C@@]5(C)[C@H]4CC[C@]3(C)C2=O)C1. The van der Waals surface area contributed by atoms with Gasteiger partial charge in [0.25, 0.3) is 0 Å². The Bertz CT molecular complexity index is 1570. The number of fused-ring (bicyclic) bond motifs is 5. The fourth-order valence-corrected chi connectivity index (χ4v) is 12.5. The van der Waals surface area contributed by atoms with Crippen molar-refractivity contribution < 1.29 is 23.5 Å². The minimum absolute atomic E-state index is 0.0393. The lowest BCUT2D eigenvalue weighted by Crippen LogP contribution is -2.61. The monoisotopic (exact) mass is 736 g/mol. The van der Waals surface area contributed by atoms with E-state index in [1.807, 2.05) is 6.92 Å². The second kappa shape index (κ2) is 12.7. The number of allylic oxidation sites excluding steroid dienone is 5. The lowest BCUT2D eigenvalue weighted by molar-refractivity contribution is -0.151. The maximum Gasteiger partial charge on any atom is 0.250 e. The number of rotatable bonds is 7. The Morgan fingerprint density at radius 3 is 1.82 bits per heavy atom. The van der Waals surface area contributed by atoms with E-state index in [9.17, 15) is 9.90 Å². The molecule has 0 saturated heterocycles. The van der Waals surface area contributed by atoms with E-state index in [0.29, 0.717) is 32.1 Å². The molecule has 0 amide bonds. The van der Waals surface area contributed by atoms with Crippen LogP contribution >= 0.6 is 0 Å². The summed E-state index contributed by atoms with van der Waals surface area (Å²) in [5.41, 5.74) is 1.33. The van der Waals surface area contributed by atoms with E-state index in [1.165, 1.54) is 5.57 Å². The molecular formula is C44H72O5Si2. The molecule has 286 valence electrons. The largest absolute Gasteiger partial charge is 0.547 e. The first-order chi connectivity index (χ1) is 23.0. The van der Waals surface area contributed by atoms with Gasteiger partial charge in [0.2, 0.25) is 16.6 Å². The maximum absolute atomic E-state index is 15.1. The third-order valence-electron chi connectivity index (χ3n) is 16.2. The molecule has 5 aliphatic carbocycles. The Kier molecular flexibility index (Phi) is 10.1. The Balaban J connectivity index is 1.66. The summed E-state index contributed by atoms with van der Waals surface area (Å²) in [4.78, 5) is 29.6. The minimum atomic E-state index is -2.34. The van der Waals surface area contributed by atoms with E-state index in [1.54, 1.807) is 0 Å². The lowest BCUT2D eigenvalue weighted by atomic mass is 9.46. The van der Waals surface area contributed by atoms with Crippen molar-refractivity contribution >= 4 is 28.2 Å². The third-order valence-corrected chi connectivity index (χ3v) is 24.9. The van der Waals surface area contributed by atoms with Crippen LogP contribution in [0.3, 0.4) is 0 Å². The first kappa shape index (κ1) is 40.5. The van der Waals surface area contributed by atoms with Gasteiger partial charge in [-0.1, -0.05) is 72.8 Å². The molecule has 1 unspecified atom stereocenters. The average molecular weight is 737 g/mol. The first-order valence-electron chi connectivity index (χ1n) is 20.0. The van der Waals surface area contributed by atoms with E-state index in [2.05, 4.69) is 109 Å². The summed E-state index contributed by atoms with van der Waals surface area (Å²) in [5, 5.41) is 13.5. The fraction of sp³-hybridized carbons (Fsp3) is 0.773. The minimum Gasteiger partial charge on any atom is -0.547 e. The number of carbonyl (C=O) groups is 2. The van der Waals surface area contributed by atoms with Crippen LogP contribution in [0.1, 0.15) is 128 Å². The van der Waals surface area contributed by atoms with Crippen LogP contribution in [0, 0.1) is 46.3 Å². The molecule has 1 N–H and O–H groups in total. The standard InChI is InChI=1S/C44H72O5Si2/c1-26(2)29-20-31-24-36(49-51(16,17)41(9,10)11)38-34(43(31,13)37(45)23-29)18-19-42(12)39(46)33(25-44(38,42)47)32-21-30(27(3)4)22-35(28(32)5)48-50(14,15)40(6,7)8/h29-34,47H,1,3,18-25H2,2,4-17H3/t29-,30-,31-,32?,33+,34+,42-,43-,44+/m1/s1. The van der Waals surface area contributed by atoms with Gasteiger partial charge in [0.15, 0.2) is 0 Å². The van der Waals surface area contributed by atoms with Crippen LogP contribution in [0.4, 0.5) is 0 Å². The fourth-order valence-electron chi connectivity index (χ4n) is 10.2. The molecule has 5 nitrogen and oxygen atoms in total. The van der Waals surface area contributed by atoms with Crippen molar-refractivity contribution in [3.05, 3.63) is 47.0 Å². The smallest absolute Gasteiger partial charge is 0.250 e. The van der Waals surface area contributed by atoms with E-state index >= 15 is 4.79 Å². The molecule has 5 rings (SSSR count). The zero-order valence-electron chi connectivity index (χ0n) is 35.1. The van der Waals surface area contributed by atoms with Crippen molar-refractivity contribution in [1.82, 2.24) is 0 Å². The van der Waals surface area contributed by atoms with Gasteiger partial charge in [-0.05, 0) is 131 Å². The molecule has 5 aliphatic rings. The average Bonchev–Trinajstić information content (AvgIpc) is 3.18. The molecule has 3 fully saturated rings. The molecule has 0 aromatic carbocycles. The second-order valence-electron chi connectivity index (χ2n) is 21.3. The molecule has 0 aliphatic heterocycles. The summed E-state index contributed by atoms with van der Waals surface area (Å²) in [5.74, 6) is 2.36. The summed E-state index contributed by atoms with van der Waals surface area (Å²) >= 11 is 0. The van der Waals surface area contributed by atoms with E-state index in [0.717, 1.165) is 47.5 Å². The Morgan fingerprint density at radius 1 is 0.804 bits per heavy atom. The van der Waals surface area contributed by atoms with E-state index < -0.39 is 33.1 Å². The number of aliphatic hydroxyl groups is 1. The van der Waals surface area contributed by atoms with Gasteiger partial charge in [-0.15, -0.1) is 0 Å². The maximum atomic E-state index is 15.1. The molecule has 0 radical (unpaired) electrons. The van der Waals surface area contributed by atoms with Crippen molar-refractivity contribution in [2.24, 2.45) is 46.3 Å². The number of carbonyl (C=O) groups excluding carboxylic acids is 2. The lowest BCUT2D eigenvalue weighted by Gasteiger charge is -2.59. The van der Waals surface area contributed by atoms with Crippen LogP contribution in [0.25, 0.3) is 0 Å². The van der Waals surface area contributed by atoms with Crippen LogP contribution in [-0.4, -0.2) is 38.9 Å². The molecule has 0 aromatic rings. The highest BCUT2D eigenvalue weighted by Crippen LogP contribution is 2.69. The number of hydrogen-bond acceptors (Lipinski definition) is 5. The summed E-state index contributed by atoms with van der Waals surface area (Å²) in [6, 6.07) is 0. The molecule has 0 heterocycles. The molecule has 0 aromatic heterocycles. The van der Waals surface area contributed by atoms with Gasteiger partial charge in [0.05, 0.1) is 16.9 Å². The van der Waals surface area contributed by atoms with Crippen molar-refractivity contribution in [2.45, 2.75) is 169 Å². The highest BCUT2D eigenvalue weighted by molar-refractivity contribution is 6.74. The Morgan fingerprint density at radius 2 is 1.31 bits per heavy atom. The van der Waals surface area contributed by atoms with Crippen LogP contribution in [-0.2, 0) is 18.4 Å². The number of ketones is 2. The van der Waals surface area contributed by atoms with Gasteiger partial charge in [-0.25, -0.2) is 0 Å². The molecular weight excluding hydrogens is 665 g/mol. The summed E-state index contributed by atoms with van der Waals surface area (Å²) in [7, 11) is -4.48. The number of hydrogen-bond donors (Lipinski definition) is 1. The van der Waals surface area contributed by atoms with Crippen LogP contribution in [0.15, 0.2) is 47.0 Å². The summed E-state index contributed by atoms with van der Waals surface area (Å²) in [6.07, 6.45) is 5.35. The van der Waals surface area contributed by atoms with Gasteiger partial charge in [0, 0.05) is 36.2 Å². The molecule has 7 heteroatoms. The highest BCUT2D eigenvalue weighted by Gasteiger charge is 2.71. The zero-order chi connectivity index (χ0) is 38.7. The Hall–Kier alpha value is -1.71. The Labute approximate surface area is 313 Å². The molecule has 3 saturated carbocycles. The van der Waals surface area contributed by atoms with Crippen molar-refractivity contribution in [2.75, 3.05) is 0 Å². The van der Waals surface area contributed by atoms with Gasteiger partial charge in [0.1, 0.15) is 17.2 Å². The first-order valence-corrected chi connectivity index (χ1v) is 25.8. The summed E-state index contributed by atoms with van der Waals surface area (Å²) in [6.45, 7) is 41.9. The predicted octanol–water partition coefficient (Wildman–Crippen LogP) is 11.5. The molecule has 0 spiro atoms. The molecule has 51 heavy (non-hydrogen) atoms. The van der Waals surface area contributed by atoms with E-state index in [4.69, 9.17) is 8.85 Å². The predicted molar refractivity (Wildman–Crippen MR) is 215 cm³/mol. The summed E-state index contributed by atoms with van der Waals surface area (Å²) < 4.78 is 14.4. The van der Waals surface area contributed by atoms with Gasteiger partial charge < -0.3 is 14.0 Å². The normalized spacial score (nSPS) is 37.9. The van der Waals surface area contributed by atoms with Crippen molar-refractivity contribution in [1.29, 1.82) is 0 Å². The van der Waals surface area contributed by atoms with Crippen molar-refractivity contribution in [3.63, 3.8) is 0 Å². The van der Waals surface area contributed by atoms with Gasteiger partial charge in [-0.3, -0.25) is 9.59 Å². The quantitative estimate of drug-likeness (QED) is 0.208. The van der Waals surface area contributed by atoms with Crippen molar-refractivity contribution in [3.8, 4) is 0 Å². The molecule has 9 atom stereocenters. The second-order valence-corrected chi connectivity index (χ2v) is 30.8. The zero-order valence-corrected chi connectivity index (χ0v) is 37.1. The molecule has 0 bridgehead atoms. The van der Waals surface area contributed by atoms with Crippen LogP contribution in [0.2, 0.25) is 36.3 Å². The van der Waals surface area contributed by atoms with Gasteiger partial charge >= 0.3 is 0 Å². The van der Waals surface area contributed by atoms with E-state index in [-0.39, 0.29) is 57.2 Å². The van der Waals surface area contributed by atoms with Crippen LogP contribution < -0.4 is 0 Å². The van der Waals surface area contributed by atoms with Crippen LogP contribution in [0.5, 0.6) is 0 Å². The number of Topliss-reactive ketones (excluding diaryl/α,β-unsaturated/α-hetero) is 2. The topological polar surface area (TPSA) is 72.8 Å². The van der Waals surface area contributed by atoms with Gasteiger partial charge in [-0.2, -0.15) is 0 Å². The third kappa shape index (κ3) is 6.29.